The molecule has 0 bridgehead atoms. The summed E-state index contributed by atoms with van der Waals surface area (Å²) in [5.74, 6) is 1.19. The summed E-state index contributed by atoms with van der Waals surface area (Å²) in [5.41, 5.74) is 5.36. The first-order valence-corrected chi connectivity index (χ1v) is 6.20. The number of thiocarbonyl (C=S) groups is 1. The van der Waals surface area contributed by atoms with Crippen molar-refractivity contribution in [3.63, 3.8) is 0 Å². The highest BCUT2D eigenvalue weighted by atomic mass is 32.1. The molecule has 0 saturated heterocycles. The molecule has 1 aliphatic rings. The molecule has 0 aliphatic heterocycles. The van der Waals surface area contributed by atoms with Crippen molar-refractivity contribution in [2.45, 2.75) is 19.3 Å². The normalized spacial score (nSPS) is 23.1. The maximum Gasteiger partial charge on any atom is 0.186 e. The third-order valence-corrected chi connectivity index (χ3v) is 3.41. The minimum atomic E-state index is 0.557. The molecule has 1 aliphatic carbocycles. The molecule has 2 rings (SSSR count). The molecule has 1 aromatic rings. The summed E-state index contributed by atoms with van der Waals surface area (Å²) in [4.78, 5) is 0. The highest BCUT2D eigenvalue weighted by Crippen LogP contribution is 2.48. The topological polar surface area (TPSA) is 36.4 Å². The average Bonchev–Trinajstić information content (AvgIpc) is 3.17. The van der Waals surface area contributed by atoms with Crippen molar-refractivity contribution < 1.29 is 0 Å². The molecule has 4 heteroatoms. The largest absolute Gasteiger partial charge is 0.364 e. The first kappa shape index (κ1) is 12.0. The molecule has 1 saturated carbocycles. The SMILES string of the molecule is CNC(=S)NN=C(C)C1CC1c1ccccc1. The van der Waals surface area contributed by atoms with E-state index in [1.165, 1.54) is 12.0 Å². The van der Waals surface area contributed by atoms with E-state index in [9.17, 15) is 0 Å². The summed E-state index contributed by atoms with van der Waals surface area (Å²) in [6, 6.07) is 10.6. The molecule has 1 fully saturated rings. The second-order valence-electron chi connectivity index (χ2n) is 4.30. The number of rotatable bonds is 3. The Bertz CT molecular complexity index is 428. The van der Waals surface area contributed by atoms with E-state index < -0.39 is 0 Å². The zero-order chi connectivity index (χ0) is 12.3. The number of benzene rings is 1. The Hall–Kier alpha value is -1.42. The van der Waals surface area contributed by atoms with Crippen LogP contribution in [0.2, 0.25) is 0 Å². The van der Waals surface area contributed by atoms with Gasteiger partial charge in [0.15, 0.2) is 5.11 Å². The van der Waals surface area contributed by atoms with Gasteiger partial charge in [0, 0.05) is 18.7 Å². The number of nitrogens with one attached hydrogen (secondary N) is 2. The van der Waals surface area contributed by atoms with Crippen LogP contribution in [0.1, 0.15) is 24.8 Å². The predicted molar refractivity (Wildman–Crippen MR) is 75.2 cm³/mol. The van der Waals surface area contributed by atoms with Gasteiger partial charge in [-0.3, -0.25) is 5.43 Å². The summed E-state index contributed by atoms with van der Waals surface area (Å²) in [6.45, 7) is 2.05. The Balaban J connectivity index is 1.92. The van der Waals surface area contributed by atoms with E-state index >= 15 is 0 Å². The fourth-order valence-electron chi connectivity index (χ4n) is 2.00. The van der Waals surface area contributed by atoms with E-state index in [4.69, 9.17) is 12.2 Å². The van der Waals surface area contributed by atoms with Crippen LogP contribution < -0.4 is 10.7 Å². The fourth-order valence-corrected chi connectivity index (χ4v) is 2.05. The minimum absolute atomic E-state index is 0.557. The van der Waals surface area contributed by atoms with E-state index in [1.54, 1.807) is 7.05 Å². The lowest BCUT2D eigenvalue weighted by molar-refractivity contribution is 0.941. The molecule has 0 heterocycles. The van der Waals surface area contributed by atoms with E-state index in [0.717, 1.165) is 5.71 Å². The van der Waals surface area contributed by atoms with Gasteiger partial charge in [0.25, 0.3) is 0 Å². The smallest absolute Gasteiger partial charge is 0.186 e. The van der Waals surface area contributed by atoms with Crippen molar-refractivity contribution in [3.05, 3.63) is 35.9 Å². The molecule has 1 aromatic carbocycles. The molecule has 0 amide bonds. The highest BCUT2D eigenvalue weighted by molar-refractivity contribution is 7.80. The monoisotopic (exact) mass is 247 g/mol. The Kier molecular flexibility index (Phi) is 3.74. The third kappa shape index (κ3) is 3.03. The summed E-state index contributed by atoms with van der Waals surface area (Å²) < 4.78 is 0. The van der Waals surface area contributed by atoms with Gasteiger partial charge in [-0.25, -0.2) is 0 Å². The molecule has 3 nitrogen and oxygen atoms in total. The quantitative estimate of drug-likeness (QED) is 0.489. The zero-order valence-electron chi connectivity index (χ0n) is 10.1. The van der Waals surface area contributed by atoms with Gasteiger partial charge < -0.3 is 5.32 Å². The molecule has 2 N–H and O–H groups in total. The molecule has 17 heavy (non-hydrogen) atoms. The second kappa shape index (κ2) is 5.27. The first-order chi connectivity index (χ1) is 8.22. The Morgan fingerprint density at radius 1 is 1.35 bits per heavy atom. The van der Waals surface area contributed by atoms with Crippen molar-refractivity contribution in [1.82, 2.24) is 10.7 Å². The fraction of sp³-hybridized carbons (Fsp3) is 0.385. The Morgan fingerprint density at radius 2 is 2.06 bits per heavy atom. The third-order valence-electron chi connectivity index (χ3n) is 3.12. The Labute approximate surface area is 107 Å². The van der Waals surface area contributed by atoms with Crippen LogP contribution in [0.3, 0.4) is 0 Å². The van der Waals surface area contributed by atoms with Crippen molar-refractivity contribution in [2.24, 2.45) is 11.0 Å². The maximum atomic E-state index is 4.97. The molecular formula is C13H17N3S. The van der Waals surface area contributed by atoms with Gasteiger partial charge >= 0.3 is 0 Å². The van der Waals surface area contributed by atoms with Gasteiger partial charge in [0.1, 0.15) is 0 Å². The first-order valence-electron chi connectivity index (χ1n) is 5.79. The molecule has 0 radical (unpaired) electrons. The van der Waals surface area contributed by atoms with Gasteiger partial charge in [-0.15, -0.1) is 0 Å². The van der Waals surface area contributed by atoms with Crippen LogP contribution in [0.4, 0.5) is 0 Å². The average molecular weight is 247 g/mol. The van der Waals surface area contributed by atoms with Gasteiger partial charge in [0.05, 0.1) is 0 Å². The van der Waals surface area contributed by atoms with Gasteiger partial charge in [-0.2, -0.15) is 5.10 Å². The van der Waals surface area contributed by atoms with E-state index in [0.29, 0.717) is 16.9 Å². The van der Waals surface area contributed by atoms with Gasteiger partial charge in [-0.1, -0.05) is 30.3 Å². The van der Waals surface area contributed by atoms with Crippen LogP contribution >= 0.6 is 12.2 Å². The predicted octanol–water partition coefficient (Wildman–Crippen LogP) is 2.26. The van der Waals surface area contributed by atoms with Crippen LogP contribution in [-0.2, 0) is 0 Å². The van der Waals surface area contributed by atoms with E-state index in [2.05, 4.69) is 53.1 Å². The standard InChI is InChI=1S/C13H17N3S/c1-9(15-16-13(17)14-2)11-8-12(11)10-6-4-3-5-7-10/h3-7,11-12H,8H2,1-2H3,(H2,14,16,17). The lowest BCUT2D eigenvalue weighted by Gasteiger charge is -2.03. The zero-order valence-corrected chi connectivity index (χ0v) is 10.9. The molecule has 0 aromatic heterocycles. The number of nitrogens with zero attached hydrogens (tertiary/aromatic N) is 1. The summed E-state index contributed by atoms with van der Waals surface area (Å²) in [6.07, 6.45) is 1.19. The van der Waals surface area contributed by atoms with E-state index in [1.807, 2.05) is 0 Å². The molecule has 2 unspecified atom stereocenters. The number of hydrogen-bond acceptors (Lipinski definition) is 2. The van der Waals surface area contributed by atoms with Gasteiger partial charge in [-0.05, 0) is 37.0 Å². The molecule has 0 spiro atoms. The lowest BCUT2D eigenvalue weighted by atomic mass is 10.1. The highest BCUT2D eigenvalue weighted by Gasteiger charge is 2.40. The number of hydrogen-bond donors (Lipinski definition) is 2. The van der Waals surface area contributed by atoms with Crippen LogP contribution in [0.15, 0.2) is 35.4 Å². The van der Waals surface area contributed by atoms with Crippen molar-refractivity contribution in [1.29, 1.82) is 0 Å². The molecule has 2 atom stereocenters. The van der Waals surface area contributed by atoms with Crippen molar-refractivity contribution in [3.8, 4) is 0 Å². The van der Waals surface area contributed by atoms with Crippen LogP contribution in [0.5, 0.6) is 0 Å². The maximum absolute atomic E-state index is 4.97. The molecule has 90 valence electrons. The summed E-state index contributed by atoms with van der Waals surface area (Å²) >= 11 is 4.97. The summed E-state index contributed by atoms with van der Waals surface area (Å²) in [7, 11) is 1.78. The van der Waals surface area contributed by atoms with Crippen LogP contribution in [-0.4, -0.2) is 17.9 Å². The lowest BCUT2D eigenvalue weighted by Crippen LogP contribution is -2.29. The van der Waals surface area contributed by atoms with Crippen LogP contribution in [0.25, 0.3) is 0 Å². The van der Waals surface area contributed by atoms with Crippen molar-refractivity contribution in [2.75, 3.05) is 7.05 Å². The molecular weight excluding hydrogens is 230 g/mol. The second-order valence-corrected chi connectivity index (χ2v) is 4.71. The minimum Gasteiger partial charge on any atom is -0.364 e. The van der Waals surface area contributed by atoms with Crippen LogP contribution in [0, 0.1) is 5.92 Å². The number of hydrazone groups is 1. The van der Waals surface area contributed by atoms with Crippen molar-refractivity contribution >= 4 is 23.0 Å². The summed E-state index contributed by atoms with van der Waals surface area (Å²) in [5, 5.41) is 7.69. The Morgan fingerprint density at radius 3 is 2.71 bits per heavy atom. The van der Waals surface area contributed by atoms with E-state index in [-0.39, 0.29) is 0 Å². The van der Waals surface area contributed by atoms with Gasteiger partial charge in [0.2, 0.25) is 0 Å².